The maximum Gasteiger partial charge on any atom is 0.336 e. The fourth-order valence-electron chi connectivity index (χ4n) is 2.46. The van der Waals surface area contributed by atoms with E-state index in [0.29, 0.717) is 11.8 Å². The van der Waals surface area contributed by atoms with Gasteiger partial charge in [0, 0.05) is 0 Å². The van der Waals surface area contributed by atoms with Crippen LogP contribution in [0.4, 0.5) is 0 Å². The summed E-state index contributed by atoms with van der Waals surface area (Å²) in [6, 6.07) is 0. The van der Waals surface area contributed by atoms with E-state index in [9.17, 15) is 9.90 Å². The van der Waals surface area contributed by atoms with Crippen LogP contribution in [0, 0.1) is 23.7 Å². The maximum atomic E-state index is 11.1. The Balaban J connectivity index is 2.67. The zero-order valence-electron chi connectivity index (χ0n) is 10.0. The normalized spacial score (nSPS) is 30.1. The van der Waals surface area contributed by atoms with Crippen molar-refractivity contribution in [1.29, 1.82) is 0 Å². The van der Waals surface area contributed by atoms with E-state index >= 15 is 0 Å². The van der Waals surface area contributed by atoms with E-state index < -0.39 is 11.6 Å². The molecule has 1 fully saturated rings. The van der Waals surface area contributed by atoms with E-state index in [1.807, 2.05) is 0 Å². The third kappa shape index (κ3) is 2.03. The van der Waals surface area contributed by atoms with E-state index in [2.05, 4.69) is 13.8 Å². The zero-order chi connectivity index (χ0) is 11.8. The predicted molar refractivity (Wildman–Crippen MR) is 58.5 cm³/mol. The Labute approximate surface area is 91.5 Å². The van der Waals surface area contributed by atoms with Crippen LogP contribution in [0.1, 0.15) is 40.5 Å². The van der Waals surface area contributed by atoms with E-state index in [4.69, 9.17) is 5.11 Å². The van der Waals surface area contributed by atoms with E-state index in [1.165, 1.54) is 0 Å². The molecule has 0 spiro atoms. The molecular weight excluding hydrogens is 192 g/mol. The highest BCUT2D eigenvalue weighted by Crippen LogP contribution is 2.47. The summed E-state index contributed by atoms with van der Waals surface area (Å²) in [5.74, 6) is -0.189. The van der Waals surface area contributed by atoms with Gasteiger partial charge in [0.1, 0.15) is 0 Å². The number of hydrogen-bond acceptors (Lipinski definition) is 2. The SMILES string of the molecule is CC(C)C1CC(C(O)(C(=O)O)C(C)C)C1. The molecule has 1 unspecified atom stereocenters. The van der Waals surface area contributed by atoms with Gasteiger partial charge >= 0.3 is 5.97 Å². The van der Waals surface area contributed by atoms with Gasteiger partial charge in [-0.25, -0.2) is 4.79 Å². The van der Waals surface area contributed by atoms with Crippen LogP contribution in [0.2, 0.25) is 0 Å². The van der Waals surface area contributed by atoms with Gasteiger partial charge in [0.15, 0.2) is 5.60 Å². The molecule has 2 N–H and O–H groups in total. The summed E-state index contributed by atoms with van der Waals surface area (Å²) in [7, 11) is 0. The number of hydrogen-bond donors (Lipinski definition) is 2. The van der Waals surface area contributed by atoms with Crippen LogP contribution in [0.3, 0.4) is 0 Å². The summed E-state index contributed by atoms with van der Waals surface area (Å²) < 4.78 is 0. The van der Waals surface area contributed by atoms with Crippen LogP contribution >= 0.6 is 0 Å². The van der Waals surface area contributed by atoms with Crippen molar-refractivity contribution >= 4 is 5.97 Å². The molecule has 0 amide bonds. The Hall–Kier alpha value is -0.570. The fraction of sp³-hybridized carbons (Fsp3) is 0.917. The zero-order valence-corrected chi connectivity index (χ0v) is 10.0. The number of aliphatic carboxylic acids is 1. The maximum absolute atomic E-state index is 11.1. The molecule has 0 aromatic heterocycles. The average Bonchev–Trinajstić information content (AvgIpc) is 1.99. The van der Waals surface area contributed by atoms with Crippen LogP contribution in [0.25, 0.3) is 0 Å². The molecule has 1 rings (SSSR count). The lowest BCUT2D eigenvalue weighted by Crippen LogP contribution is -2.55. The molecule has 0 saturated heterocycles. The molecule has 0 aromatic carbocycles. The Kier molecular flexibility index (Phi) is 3.44. The second kappa shape index (κ2) is 4.12. The number of rotatable bonds is 4. The highest BCUT2D eigenvalue weighted by atomic mass is 16.4. The summed E-state index contributed by atoms with van der Waals surface area (Å²) in [6.07, 6.45) is 1.69. The van der Waals surface area contributed by atoms with Crippen molar-refractivity contribution in [2.24, 2.45) is 23.7 Å². The van der Waals surface area contributed by atoms with Gasteiger partial charge in [0.05, 0.1) is 0 Å². The molecule has 1 aliphatic rings. The summed E-state index contributed by atoms with van der Waals surface area (Å²) in [5, 5.41) is 19.3. The van der Waals surface area contributed by atoms with Crippen molar-refractivity contribution in [2.45, 2.75) is 46.1 Å². The molecule has 15 heavy (non-hydrogen) atoms. The Morgan fingerprint density at radius 2 is 1.73 bits per heavy atom. The minimum absolute atomic E-state index is 0.0672. The van der Waals surface area contributed by atoms with Crippen molar-refractivity contribution < 1.29 is 15.0 Å². The van der Waals surface area contributed by atoms with Crippen LogP contribution < -0.4 is 0 Å². The van der Waals surface area contributed by atoms with Crippen molar-refractivity contribution in [3.63, 3.8) is 0 Å². The smallest absolute Gasteiger partial charge is 0.336 e. The largest absolute Gasteiger partial charge is 0.479 e. The summed E-state index contributed by atoms with van der Waals surface area (Å²) in [6.45, 7) is 7.85. The Morgan fingerprint density at radius 3 is 2.00 bits per heavy atom. The molecule has 1 saturated carbocycles. The van der Waals surface area contributed by atoms with Crippen molar-refractivity contribution in [2.75, 3.05) is 0 Å². The first-order chi connectivity index (χ1) is 6.80. The van der Waals surface area contributed by atoms with Crippen LogP contribution in [-0.2, 0) is 4.79 Å². The first-order valence-corrected chi connectivity index (χ1v) is 5.75. The molecule has 0 aliphatic heterocycles. The van der Waals surface area contributed by atoms with Gasteiger partial charge in [0.25, 0.3) is 0 Å². The number of carboxylic acid groups (broad SMARTS) is 1. The first-order valence-electron chi connectivity index (χ1n) is 5.75. The van der Waals surface area contributed by atoms with Gasteiger partial charge in [-0.3, -0.25) is 0 Å². The Morgan fingerprint density at radius 1 is 1.27 bits per heavy atom. The van der Waals surface area contributed by atoms with Gasteiger partial charge < -0.3 is 10.2 Å². The van der Waals surface area contributed by atoms with Crippen LogP contribution in [-0.4, -0.2) is 21.8 Å². The molecular formula is C12H22O3. The van der Waals surface area contributed by atoms with Gasteiger partial charge in [-0.1, -0.05) is 27.7 Å². The predicted octanol–water partition coefficient (Wildman–Crippen LogP) is 2.14. The fourth-order valence-corrected chi connectivity index (χ4v) is 2.46. The average molecular weight is 214 g/mol. The second-order valence-corrected chi connectivity index (χ2v) is 5.46. The molecule has 0 heterocycles. The summed E-state index contributed by atoms with van der Waals surface area (Å²) in [5.41, 5.74) is -1.52. The van der Waals surface area contributed by atoms with Gasteiger partial charge in [-0.15, -0.1) is 0 Å². The highest BCUT2D eigenvalue weighted by Gasteiger charge is 2.52. The van der Waals surface area contributed by atoms with E-state index in [1.54, 1.807) is 13.8 Å². The van der Waals surface area contributed by atoms with Crippen molar-refractivity contribution in [1.82, 2.24) is 0 Å². The minimum Gasteiger partial charge on any atom is -0.479 e. The topological polar surface area (TPSA) is 57.5 Å². The van der Waals surface area contributed by atoms with Gasteiger partial charge in [0.2, 0.25) is 0 Å². The van der Waals surface area contributed by atoms with Crippen LogP contribution in [0.15, 0.2) is 0 Å². The quantitative estimate of drug-likeness (QED) is 0.753. The molecule has 3 nitrogen and oxygen atoms in total. The molecule has 0 aromatic rings. The van der Waals surface area contributed by atoms with Gasteiger partial charge in [-0.05, 0) is 36.5 Å². The summed E-state index contributed by atoms with van der Waals surface area (Å²) in [4.78, 5) is 11.1. The molecule has 1 aliphatic carbocycles. The van der Waals surface area contributed by atoms with Gasteiger partial charge in [-0.2, -0.15) is 0 Å². The highest BCUT2D eigenvalue weighted by molar-refractivity contribution is 5.78. The first kappa shape index (κ1) is 12.5. The molecule has 0 bridgehead atoms. The Bertz CT molecular complexity index is 241. The molecule has 0 radical (unpaired) electrons. The molecule has 88 valence electrons. The second-order valence-electron chi connectivity index (χ2n) is 5.46. The monoisotopic (exact) mass is 214 g/mol. The number of carbonyl (C=O) groups is 1. The number of aliphatic hydroxyl groups is 1. The third-order valence-corrected chi connectivity index (χ3v) is 3.96. The minimum atomic E-state index is -1.52. The van der Waals surface area contributed by atoms with Crippen LogP contribution in [0.5, 0.6) is 0 Å². The standard InChI is InChI=1S/C12H22O3/c1-7(2)9-5-10(6-9)12(15,8(3)4)11(13)14/h7-10,15H,5-6H2,1-4H3,(H,13,14). The van der Waals surface area contributed by atoms with E-state index in [-0.39, 0.29) is 11.8 Å². The molecule has 1 atom stereocenters. The number of carboxylic acids is 1. The lowest BCUT2D eigenvalue weighted by Gasteiger charge is -2.47. The lowest BCUT2D eigenvalue weighted by atomic mass is 9.60. The summed E-state index contributed by atoms with van der Waals surface area (Å²) >= 11 is 0. The van der Waals surface area contributed by atoms with Crippen molar-refractivity contribution in [3.8, 4) is 0 Å². The van der Waals surface area contributed by atoms with Crippen molar-refractivity contribution in [3.05, 3.63) is 0 Å². The third-order valence-electron chi connectivity index (χ3n) is 3.96. The molecule has 3 heteroatoms. The lowest BCUT2D eigenvalue weighted by molar-refractivity contribution is -0.181. The van der Waals surface area contributed by atoms with E-state index in [0.717, 1.165) is 12.8 Å².